The van der Waals surface area contributed by atoms with Crippen LogP contribution in [-0.4, -0.2) is 38.3 Å². The van der Waals surface area contributed by atoms with Gasteiger partial charge in [0.25, 0.3) is 0 Å². The molecule has 154 valence electrons. The van der Waals surface area contributed by atoms with Crippen LogP contribution in [0.4, 0.5) is 5.82 Å². The summed E-state index contributed by atoms with van der Waals surface area (Å²) in [7, 11) is 0. The third-order valence-electron chi connectivity index (χ3n) is 4.37. The van der Waals surface area contributed by atoms with Crippen molar-refractivity contribution < 1.29 is 14.3 Å². The fourth-order valence-electron chi connectivity index (χ4n) is 3.04. The summed E-state index contributed by atoms with van der Waals surface area (Å²) in [6.07, 6.45) is 7.35. The van der Waals surface area contributed by atoms with Crippen molar-refractivity contribution in [3.63, 3.8) is 0 Å². The number of benzene rings is 1. The van der Waals surface area contributed by atoms with E-state index in [1.54, 1.807) is 6.07 Å². The van der Waals surface area contributed by atoms with Crippen molar-refractivity contribution in [1.29, 1.82) is 0 Å². The first-order valence-corrected chi connectivity index (χ1v) is 10.1. The second kappa shape index (κ2) is 8.12. The number of carbonyl (C=O) groups excluding carboxylic acids is 1. The van der Waals surface area contributed by atoms with E-state index < -0.39 is 0 Å². The minimum absolute atomic E-state index is 0.0581. The molecular weight excluding hydrogens is 404 g/mol. The van der Waals surface area contributed by atoms with E-state index in [1.165, 1.54) is 18.1 Å². The Kier molecular flexibility index (Phi) is 5.37. The molecule has 3 N–H and O–H groups in total. The SMILES string of the molecule is C#Cc1cc2c(cc1Sc1nc3c(N)ncnc3n1CCC(=O)NC(C)C)OCO2. The average molecular weight is 424 g/mol. The molecule has 4 rings (SSSR count). The van der Waals surface area contributed by atoms with Crippen LogP contribution in [-0.2, 0) is 11.3 Å². The van der Waals surface area contributed by atoms with Gasteiger partial charge in [-0.1, -0.05) is 17.7 Å². The van der Waals surface area contributed by atoms with Gasteiger partial charge in [-0.05, 0) is 19.9 Å². The molecule has 0 bridgehead atoms. The van der Waals surface area contributed by atoms with E-state index in [1.807, 2.05) is 24.5 Å². The van der Waals surface area contributed by atoms with Gasteiger partial charge in [-0.3, -0.25) is 4.79 Å². The van der Waals surface area contributed by atoms with E-state index in [4.69, 9.17) is 21.6 Å². The molecule has 3 aromatic rings. The Bertz CT molecular complexity index is 1170. The summed E-state index contributed by atoms with van der Waals surface area (Å²) >= 11 is 1.35. The summed E-state index contributed by atoms with van der Waals surface area (Å²) in [5.41, 5.74) is 7.69. The first-order chi connectivity index (χ1) is 14.5. The van der Waals surface area contributed by atoms with Gasteiger partial charge in [-0.15, -0.1) is 6.42 Å². The molecule has 1 amide bonds. The van der Waals surface area contributed by atoms with Gasteiger partial charge in [-0.2, -0.15) is 0 Å². The number of nitrogens with two attached hydrogens (primary N) is 1. The van der Waals surface area contributed by atoms with Crippen molar-refractivity contribution in [3.8, 4) is 23.8 Å². The van der Waals surface area contributed by atoms with Crippen LogP contribution in [0, 0.1) is 12.3 Å². The van der Waals surface area contributed by atoms with Crippen molar-refractivity contribution in [1.82, 2.24) is 24.8 Å². The summed E-state index contributed by atoms with van der Waals surface area (Å²) < 4.78 is 12.7. The van der Waals surface area contributed by atoms with E-state index in [2.05, 4.69) is 26.2 Å². The number of imidazole rings is 1. The summed E-state index contributed by atoms with van der Waals surface area (Å²) in [6.45, 7) is 4.37. The highest BCUT2D eigenvalue weighted by atomic mass is 32.2. The van der Waals surface area contributed by atoms with Crippen molar-refractivity contribution in [3.05, 3.63) is 24.0 Å². The first-order valence-electron chi connectivity index (χ1n) is 9.30. The predicted molar refractivity (Wildman–Crippen MR) is 112 cm³/mol. The molecular formula is C20H20N6O3S. The second-order valence-corrected chi connectivity index (χ2v) is 7.91. The number of nitrogens with one attached hydrogen (secondary N) is 1. The van der Waals surface area contributed by atoms with Crippen LogP contribution < -0.4 is 20.5 Å². The molecule has 1 aromatic carbocycles. The van der Waals surface area contributed by atoms with Gasteiger partial charge in [0.15, 0.2) is 33.6 Å². The maximum atomic E-state index is 12.2. The molecule has 0 fully saturated rings. The highest BCUT2D eigenvalue weighted by molar-refractivity contribution is 7.99. The Hall–Kier alpha value is -3.45. The lowest BCUT2D eigenvalue weighted by molar-refractivity contribution is -0.121. The average Bonchev–Trinajstić information content (AvgIpc) is 3.30. The van der Waals surface area contributed by atoms with Gasteiger partial charge < -0.3 is 25.1 Å². The van der Waals surface area contributed by atoms with E-state index in [0.717, 1.165) is 4.90 Å². The standard InChI is InChI=1S/C20H20N6O3S/c1-4-12-7-13-14(29-10-28-13)8-15(12)30-20-25-17-18(21)22-9-23-19(17)26(20)6-5-16(27)24-11(2)3/h1,7-9,11H,5-6,10H2,2-3H3,(H,24,27)(H2,21,22,23). The lowest BCUT2D eigenvalue weighted by atomic mass is 10.2. The fourth-order valence-corrected chi connectivity index (χ4v) is 4.06. The molecule has 0 saturated heterocycles. The van der Waals surface area contributed by atoms with Crippen molar-refractivity contribution >= 4 is 34.7 Å². The zero-order chi connectivity index (χ0) is 21.3. The van der Waals surface area contributed by atoms with E-state index in [0.29, 0.717) is 39.9 Å². The Morgan fingerprint density at radius 1 is 1.37 bits per heavy atom. The maximum Gasteiger partial charge on any atom is 0.231 e. The number of aryl methyl sites for hydroxylation is 1. The van der Waals surface area contributed by atoms with Crippen LogP contribution >= 0.6 is 11.8 Å². The van der Waals surface area contributed by atoms with Gasteiger partial charge in [0.1, 0.15) is 6.33 Å². The first kappa shape index (κ1) is 19.8. The van der Waals surface area contributed by atoms with Crippen molar-refractivity contribution in [2.24, 2.45) is 0 Å². The Balaban J connectivity index is 1.71. The summed E-state index contributed by atoms with van der Waals surface area (Å²) in [5, 5.41) is 3.49. The predicted octanol–water partition coefficient (Wildman–Crippen LogP) is 2.18. The molecule has 0 aliphatic carbocycles. The number of rotatable bonds is 6. The zero-order valence-corrected chi connectivity index (χ0v) is 17.3. The minimum atomic E-state index is -0.0581. The molecule has 10 heteroatoms. The highest BCUT2D eigenvalue weighted by Crippen LogP contribution is 2.41. The van der Waals surface area contributed by atoms with Gasteiger partial charge in [0.05, 0.1) is 0 Å². The quantitative estimate of drug-likeness (QED) is 0.578. The number of amides is 1. The van der Waals surface area contributed by atoms with Crippen LogP contribution in [0.3, 0.4) is 0 Å². The molecule has 3 heterocycles. The topological polar surface area (TPSA) is 117 Å². The molecule has 0 spiro atoms. The number of fused-ring (bicyclic) bond motifs is 2. The molecule has 0 atom stereocenters. The summed E-state index contributed by atoms with van der Waals surface area (Å²) in [4.78, 5) is 25.9. The maximum absolute atomic E-state index is 12.2. The Morgan fingerprint density at radius 2 is 2.13 bits per heavy atom. The Labute approximate surface area is 177 Å². The van der Waals surface area contributed by atoms with Crippen molar-refractivity contribution in [2.45, 2.75) is 42.9 Å². The molecule has 1 aliphatic heterocycles. The number of hydrogen-bond acceptors (Lipinski definition) is 8. The lowest BCUT2D eigenvalue weighted by Gasteiger charge is -2.11. The molecule has 0 saturated carbocycles. The third-order valence-corrected chi connectivity index (χ3v) is 5.42. The summed E-state index contributed by atoms with van der Waals surface area (Å²) in [5.74, 6) is 4.12. The lowest BCUT2D eigenvalue weighted by Crippen LogP contribution is -2.30. The number of anilines is 1. The monoisotopic (exact) mass is 424 g/mol. The van der Waals surface area contributed by atoms with Crippen LogP contribution in [0.1, 0.15) is 25.8 Å². The van der Waals surface area contributed by atoms with Gasteiger partial charge >= 0.3 is 0 Å². The molecule has 30 heavy (non-hydrogen) atoms. The van der Waals surface area contributed by atoms with Crippen LogP contribution in [0.25, 0.3) is 11.2 Å². The van der Waals surface area contributed by atoms with Gasteiger partial charge in [0, 0.05) is 35.5 Å². The number of carbonyl (C=O) groups is 1. The van der Waals surface area contributed by atoms with E-state index in [9.17, 15) is 4.79 Å². The molecule has 0 radical (unpaired) electrons. The largest absolute Gasteiger partial charge is 0.454 e. The number of aromatic nitrogens is 4. The van der Waals surface area contributed by atoms with Gasteiger partial charge in [-0.25, -0.2) is 15.0 Å². The molecule has 9 nitrogen and oxygen atoms in total. The van der Waals surface area contributed by atoms with Crippen LogP contribution in [0.15, 0.2) is 28.5 Å². The van der Waals surface area contributed by atoms with Crippen LogP contribution in [0.5, 0.6) is 11.5 Å². The van der Waals surface area contributed by atoms with Gasteiger partial charge in [0.2, 0.25) is 12.7 Å². The number of nitrogen functional groups attached to an aromatic ring is 1. The Morgan fingerprint density at radius 3 is 2.87 bits per heavy atom. The smallest absolute Gasteiger partial charge is 0.231 e. The normalized spacial score (nSPS) is 12.3. The third kappa shape index (κ3) is 3.84. The van der Waals surface area contributed by atoms with Crippen LogP contribution in [0.2, 0.25) is 0 Å². The number of nitrogens with zero attached hydrogens (tertiary/aromatic N) is 4. The highest BCUT2D eigenvalue weighted by Gasteiger charge is 2.21. The zero-order valence-electron chi connectivity index (χ0n) is 16.5. The molecule has 1 aliphatic rings. The van der Waals surface area contributed by atoms with Crippen molar-refractivity contribution in [2.75, 3.05) is 12.5 Å². The number of terminal acetylenes is 1. The molecule has 0 unspecified atom stereocenters. The van der Waals surface area contributed by atoms with E-state index >= 15 is 0 Å². The number of ether oxygens (including phenoxy) is 2. The molecule has 2 aromatic heterocycles. The van der Waals surface area contributed by atoms with E-state index in [-0.39, 0.29) is 31.0 Å². The summed E-state index contributed by atoms with van der Waals surface area (Å²) in [6, 6.07) is 3.66. The number of hydrogen-bond donors (Lipinski definition) is 2. The second-order valence-electron chi connectivity index (χ2n) is 6.90. The fraction of sp³-hybridized carbons (Fsp3) is 0.300. The minimum Gasteiger partial charge on any atom is -0.454 e.